The maximum atomic E-state index is 12.2. The van der Waals surface area contributed by atoms with Crippen molar-refractivity contribution in [2.24, 2.45) is 20.5 Å². The monoisotopic (exact) mass is 1070 g/mol. The van der Waals surface area contributed by atoms with Gasteiger partial charge in [0.15, 0.2) is 0 Å². The summed E-state index contributed by atoms with van der Waals surface area (Å²) in [5.74, 6) is 0.204. The Morgan fingerprint density at radius 3 is 1.17 bits per heavy atom. The molecule has 0 aliphatic heterocycles. The van der Waals surface area contributed by atoms with Gasteiger partial charge in [-0.25, -0.2) is 0 Å². The first-order chi connectivity index (χ1) is 31.0. The van der Waals surface area contributed by atoms with Crippen LogP contribution in [0.3, 0.4) is 0 Å². The first kappa shape index (κ1) is 61.4. The number of rotatable bonds is 15. The Hall–Kier alpha value is -2.95. The van der Waals surface area contributed by atoms with Crippen LogP contribution < -0.4 is 134 Å². The number of aromatic nitrogens is 3. The van der Waals surface area contributed by atoms with Gasteiger partial charge in [-0.15, -0.1) is 0 Å². The van der Waals surface area contributed by atoms with Crippen LogP contribution in [0, 0.1) is 13.8 Å². The number of fused-ring (bicyclic) bond motifs is 2. The molecule has 8 N–H and O–H groups in total. The summed E-state index contributed by atoms with van der Waals surface area (Å²) in [5, 5.41) is 34.2. The molecular weight excluding hydrogens is 1040 g/mol. The number of nitrogens with one attached hydrogen (secondary N) is 3. The molecular formula is C39H34N10Na4O13S4+4. The Morgan fingerprint density at radius 2 is 0.829 bits per heavy atom. The van der Waals surface area contributed by atoms with Crippen molar-refractivity contribution in [3.63, 3.8) is 0 Å². The van der Waals surface area contributed by atoms with Crippen molar-refractivity contribution < 1.29 is 175 Å². The smallest absolute Gasteiger partial charge is 0.395 e. The van der Waals surface area contributed by atoms with Crippen LogP contribution in [0.2, 0.25) is 0 Å². The SMILES string of the molecule is Cc1cc(Nc2nc(NCCO)nc(Nc3ccc(N=Nc4cc(S(=O)(=O)O)c5cccc(S(=O)(=O)O)c5c4)c(C)c3)n2)ccc1N=Nc1cc(S(=O)(=O)O)c2cccc(S(=O)(=O)O)c2c1.[Na+].[Na+].[Na+].[Na+]. The Labute approximate surface area is 489 Å². The van der Waals surface area contributed by atoms with Gasteiger partial charge in [-0.2, -0.15) is 69.1 Å². The normalized spacial score (nSPS) is 11.9. The van der Waals surface area contributed by atoms with Gasteiger partial charge < -0.3 is 21.1 Å². The first-order valence-corrected chi connectivity index (χ1v) is 24.5. The van der Waals surface area contributed by atoms with Crippen LogP contribution in [0.1, 0.15) is 11.1 Å². The number of aliphatic hydroxyl groups excluding tert-OH is 1. The van der Waals surface area contributed by atoms with Crippen LogP contribution in [0.4, 0.5) is 52.0 Å². The van der Waals surface area contributed by atoms with Gasteiger partial charge in [0.25, 0.3) is 40.5 Å². The van der Waals surface area contributed by atoms with E-state index in [0.717, 1.165) is 24.3 Å². The van der Waals surface area contributed by atoms with E-state index in [1.165, 1.54) is 36.4 Å². The zero-order valence-electron chi connectivity index (χ0n) is 37.9. The largest absolute Gasteiger partial charge is 1.00 e. The molecule has 0 atom stereocenters. The van der Waals surface area contributed by atoms with E-state index in [2.05, 4.69) is 51.4 Å². The Morgan fingerprint density at radius 1 is 0.457 bits per heavy atom. The standard InChI is InChI=1S/C39H34N10O13S4.4Na/c1-21-15-23(9-11-31(21)48-46-25-17-29-27(35(19-25)65(57,58)59)5-3-7-33(29)63(51,52)53)41-38-43-37(40-13-14-50)44-39(45-38)42-24-10-12-32(22(2)16-24)49-47-26-18-30-28(36(20-26)66(60,61)62)6-4-8-34(30)64(54,55)56;;;;/h3-12,15-20,50H,13-14H2,1-2H3,(H,51,52,53)(H,54,55,56)(H,57,58,59)(H,60,61,62)(H3,40,41,42,43,44,45);;;;/q;4*+1. The molecule has 6 aromatic carbocycles. The topological polar surface area (TPSA) is 362 Å². The van der Waals surface area contributed by atoms with E-state index in [1.54, 1.807) is 50.2 Å². The van der Waals surface area contributed by atoms with E-state index >= 15 is 0 Å². The van der Waals surface area contributed by atoms with E-state index < -0.39 is 60.1 Å². The maximum Gasteiger partial charge on any atom is 1.00 e. The van der Waals surface area contributed by atoms with Gasteiger partial charge in [-0.05, 0) is 97.8 Å². The average Bonchev–Trinajstić information content (AvgIpc) is 3.22. The summed E-state index contributed by atoms with van der Waals surface area (Å²) in [6.07, 6.45) is 0. The van der Waals surface area contributed by atoms with Crippen molar-refractivity contribution in [3.05, 3.63) is 108 Å². The third-order valence-electron chi connectivity index (χ3n) is 9.40. The number of anilines is 5. The summed E-state index contributed by atoms with van der Waals surface area (Å²) in [5.41, 5.74) is 2.39. The third-order valence-corrected chi connectivity index (χ3v) is 13.0. The quantitative estimate of drug-likeness (QED) is 0.0273. The molecule has 7 rings (SSSR count). The molecule has 1 aromatic heterocycles. The van der Waals surface area contributed by atoms with Gasteiger partial charge in [0.1, 0.15) is 19.6 Å². The Bertz CT molecular complexity index is 3420. The third kappa shape index (κ3) is 15.1. The molecule has 1 heterocycles. The van der Waals surface area contributed by atoms with E-state index in [1.807, 2.05) is 0 Å². The zero-order chi connectivity index (χ0) is 47.8. The minimum absolute atomic E-state index is 0. The average molecular weight is 1070 g/mol. The fourth-order valence-electron chi connectivity index (χ4n) is 6.52. The Kier molecular flexibility index (Phi) is 21.8. The van der Waals surface area contributed by atoms with Crippen LogP contribution >= 0.6 is 0 Å². The van der Waals surface area contributed by atoms with Crippen LogP contribution in [0.15, 0.2) is 137 Å². The number of azo groups is 2. The summed E-state index contributed by atoms with van der Waals surface area (Å²) in [6, 6.07) is 21.1. The van der Waals surface area contributed by atoms with Crippen LogP contribution in [0.25, 0.3) is 21.5 Å². The fourth-order valence-corrected chi connectivity index (χ4v) is 9.36. The Balaban J connectivity index is 0.00000324. The van der Waals surface area contributed by atoms with Crippen molar-refractivity contribution in [2.75, 3.05) is 29.1 Å². The van der Waals surface area contributed by atoms with Gasteiger partial charge in [-0.3, -0.25) is 18.2 Å². The fraction of sp³-hybridized carbons (Fsp3) is 0.103. The summed E-state index contributed by atoms with van der Waals surface area (Å²) < 4.78 is 136. The van der Waals surface area contributed by atoms with Crippen molar-refractivity contribution in [1.29, 1.82) is 0 Å². The van der Waals surface area contributed by atoms with Gasteiger partial charge in [-0.1, -0.05) is 24.3 Å². The molecule has 0 amide bonds. The summed E-state index contributed by atoms with van der Waals surface area (Å²) in [4.78, 5) is 10.7. The van der Waals surface area contributed by atoms with Crippen LogP contribution in [-0.2, 0) is 40.5 Å². The number of hydrogen-bond acceptors (Lipinski definition) is 19. The molecule has 0 aliphatic carbocycles. The van der Waals surface area contributed by atoms with Crippen molar-refractivity contribution in [3.8, 4) is 0 Å². The first-order valence-electron chi connectivity index (χ1n) is 18.7. The zero-order valence-corrected chi connectivity index (χ0v) is 49.2. The second kappa shape index (κ2) is 24.9. The molecule has 0 spiro atoms. The molecule has 0 bridgehead atoms. The van der Waals surface area contributed by atoms with E-state index in [4.69, 9.17) is 0 Å². The van der Waals surface area contributed by atoms with Crippen LogP contribution in [0.5, 0.6) is 0 Å². The molecule has 23 nitrogen and oxygen atoms in total. The summed E-state index contributed by atoms with van der Waals surface area (Å²) in [7, 11) is -19.3. The molecule has 70 heavy (non-hydrogen) atoms. The number of benzene rings is 6. The second-order valence-corrected chi connectivity index (χ2v) is 19.7. The minimum atomic E-state index is -4.87. The predicted octanol–water partition coefficient (Wildman–Crippen LogP) is -4.48. The van der Waals surface area contributed by atoms with E-state index in [9.17, 15) is 57.0 Å². The molecule has 7 aromatic rings. The number of hydrogen-bond donors (Lipinski definition) is 8. The maximum absolute atomic E-state index is 12.2. The molecule has 342 valence electrons. The molecule has 0 saturated heterocycles. The van der Waals surface area contributed by atoms with E-state index in [0.29, 0.717) is 33.9 Å². The minimum Gasteiger partial charge on any atom is -0.395 e. The number of nitrogens with zero attached hydrogens (tertiary/aromatic N) is 7. The molecule has 0 saturated carbocycles. The van der Waals surface area contributed by atoms with Gasteiger partial charge in [0, 0.05) is 39.5 Å². The number of aliphatic hydroxyl groups is 1. The molecule has 0 fully saturated rings. The van der Waals surface area contributed by atoms with Gasteiger partial charge >= 0.3 is 118 Å². The van der Waals surface area contributed by atoms with E-state index in [-0.39, 0.29) is 182 Å². The molecule has 0 aliphatic rings. The molecule has 31 heteroatoms. The number of aryl methyl sites for hydroxylation is 2. The molecule has 0 radical (unpaired) electrons. The van der Waals surface area contributed by atoms with Crippen molar-refractivity contribution in [2.45, 2.75) is 33.4 Å². The predicted molar refractivity (Wildman–Crippen MR) is 240 cm³/mol. The van der Waals surface area contributed by atoms with Crippen LogP contribution in [-0.4, -0.2) is 85.1 Å². The van der Waals surface area contributed by atoms with Crippen molar-refractivity contribution in [1.82, 2.24) is 15.0 Å². The summed E-state index contributed by atoms with van der Waals surface area (Å²) in [6.45, 7) is 3.25. The second-order valence-electron chi connectivity index (χ2n) is 14.1. The summed E-state index contributed by atoms with van der Waals surface area (Å²) >= 11 is 0. The van der Waals surface area contributed by atoms with Gasteiger partial charge in [0.05, 0.1) is 29.4 Å². The van der Waals surface area contributed by atoms with Crippen molar-refractivity contribution >= 4 is 114 Å². The molecule has 0 unspecified atom stereocenters. The van der Waals surface area contributed by atoms with Gasteiger partial charge in [0.2, 0.25) is 17.8 Å².